The quantitative estimate of drug-likeness (QED) is 0.137. The Morgan fingerprint density at radius 2 is 0.667 bits per heavy atom. The van der Waals surface area contributed by atoms with E-state index in [2.05, 4.69) is 289 Å². The van der Waals surface area contributed by atoms with Crippen molar-refractivity contribution < 1.29 is 0 Å². The van der Waals surface area contributed by atoms with Gasteiger partial charge in [-0.3, -0.25) is 0 Å². The molecule has 0 fully saturated rings. The van der Waals surface area contributed by atoms with Gasteiger partial charge in [-0.25, -0.2) is 9.97 Å². The number of nitrogens with zero attached hydrogens (tertiary/aromatic N) is 4. The van der Waals surface area contributed by atoms with Crippen molar-refractivity contribution in [2.75, 3.05) is 4.90 Å². The SMILES string of the molecule is c1ccc(-c2ccccc2-c2ccc(-c3ccccc3-c3ccccc3)c3nc(-c4ccc(N(c5ccccc5)c5ccc6c(c5)c5ccccc5n6-c5ccccc5)cc4)c(-c4ccccc4)nc23)cc1. The van der Waals surface area contributed by atoms with Crippen molar-refractivity contribution in [3.8, 4) is 72.7 Å². The molecule has 13 aromatic rings. The number of hydrogen-bond acceptors (Lipinski definition) is 3. The van der Waals surface area contributed by atoms with Crippen LogP contribution in [0.15, 0.2) is 279 Å². The van der Waals surface area contributed by atoms with Crippen LogP contribution in [0.25, 0.3) is 106 Å². The second kappa shape index (κ2) is 18.4. The number of fused-ring (bicyclic) bond motifs is 4. The average Bonchev–Trinajstić information content (AvgIpc) is 3.80. The number of benzene rings is 11. The Hall–Kier alpha value is -9.64. The third-order valence-corrected chi connectivity index (χ3v) is 13.8. The van der Waals surface area contributed by atoms with E-state index >= 15 is 0 Å². The monoisotopic (exact) mass is 918 g/mol. The van der Waals surface area contributed by atoms with Crippen LogP contribution in [-0.2, 0) is 0 Å². The molecule has 4 heteroatoms. The second-order valence-corrected chi connectivity index (χ2v) is 18.1. The molecule has 338 valence electrons. The first-order valence-corrected chi connectivity index (χ1v) is 24.5. The Labute approximate surface area is 419 Å². The molecule has 11 aromatic carbocycles. The van der Waals surface area contributed by atoms with Crippen LogP contribution in [0, 0.1) is 0 Å². The van der Waals surface area contributed by atoms with E-state index in [9.17, 15) is 0 Å². The Morgan fingerprint density at radius 3 is 1.22 bits per heavy atom. The van der Waals surface area contributed by atoms with E-state index in [4.69, 9.17) is 9.97 Å². The fourth-order valence-corrected chi connectivity index (χ4v) is 10.5. The normalized spacial score (nSPS) is 11.3. The Kier molecular flexibility index (Phi) is 10.8. The highest BCUT2D eigenvalue weighted by Crippen LogP contribution is 2.45. The number of anilines is 3. The van der Waals surface area contributed by atoms with Crippen molar-refractivity contribution in [3.05, 3.63) is 279 Å². The largest absolute Gasteiger partial charge is 0.310 e. The molecule has 0 aliphatic carbocycles. The predicted molar refractivity (Wildman–Crippen MR) is 301 cm³/mol. The average molecular weight is 919 g/mol. The van der Waals surface area contributed by atoms with E-state index in [1.807, 2.05) is 0 Å². The molecular formula is C68H46N4. The van der Waals surface area contributed by atoms with Gasteiger partial charge in [0.15, 0.2) is 0 Å². The fraction of sp³-hybridized carbons (Fsp3) is 0. The summed E-state index contributed by atoms with van der Waals surface area (Å²) in [7, 11) is 0. The molecule has 13 rings (SSSR count). The van der Waals surface area contributed by atoms with Crippen LogP contribution >= 0.6 is 0 Å². The molecule has 0 saturated carbocycles. The summed E-state index contributed by atoms with van der Waals surface area (Å²) < 4.78 is 2.36. The topological polar surface area (TPSA) is 34.0 Å². The highest BCUT2D eigenvalue weighted by atomic mass is 15.1. The van der Waals surface area contributed by atoms with Crippen LogP contribution in [0.4, 0.5) is 17.1 Å². The lowest BCUT2D eigenvalue weighted by Gasteiger charge is -2.26. The third-order valence-electron chi connectivity index (χ3n) is 13.8. The van der Waals surface area contributed by atoms with Gasteiger partial charge in [0.1, 0.15) is 0 Å². The summed E-state index contributed by atoms with van der Waals surface area (Å²) in [6.45, 7) is 0. The van der Waals surface area contributed by atoms with Gasteiger partial charge in [0.2, 0.25) is 0 Å². The van der Waals surface area contributed by atoms with Gasteiger partial charge in [-0.05, 0) is 94.0 Å². The standard InChI is InChI=1S/C68H46N4/c1-6-22-47(23-7-1)55-32-16-18-34-57(55)60-43-44-61(58-35-19-17-33-56(58)48-24-8-2-9-25-48)68-67(60)69-65(49-26-10-3-11-27-49)66(70-68)50-38-40-53(41-39-50)71(51-28-12-4-13-29-51)54-42-45-64-62(46-54)59-36-20-21-37-63(59)72(64)52-30-14-5-15-31-52/h1-46H. The number of para-hydroxylation sites is 3. The lowest BCUT2D eigenvalue weighted by atomic mass is 9.89. The summed E-state index contributed by atoms with van der Waals surface area (Å²) in [6, 6.07) is 99.2. The molecule has 0 saturated heterocycles. The Bertz CT molecular complexity index is 4060. The summed E-state index contributed by atoms with van der Waals surface area (Å²) in [5.41, 5.74) is 20.8. The molecule has 2 aromatic heterocycles. The maximum Gasteiger partial charge on any atom is 0.0979 e. The molecule has 72 heavy (non-hydrogen) atoms. The lowest BCUT2D eigenvalue weighted by molar-refractivity contribution is 1.18. The molecule has 0 unspecified atom stereocenters. The van der Waals surface area contributed by atoms with Crippen molar-refractivity contribution in [3.63, 3.8) is 0 Å². The van der Waals surface area contributed by atoms with Gasteiger partial charge < -0.3 is 9.47 Å². The van der Waals surface area contributed by atoms with Crippen molar-refractivity contribution >= 4 is 49.9 Å². The van der Waals surface area contributed by atoms with Crippen LogP contribution in [0.1, 0.15) is 0 Å². The molecule has 0 bridgehead atoms. The first kappa shape index (κ1) is 42.5. The smallest absolute Gasteiger partial charge is 0.0979 e. The zero-order valence-corrected chi connectivity index (χ0v) is 39.3. The van der Waals surface area contributed by atoms with E-state index in [0.29, 0.717) is 0 Å². The minimum atomic E-state index is 0.814. The van der Waals surface area contributed by atoms with Crippen molar-refractivity contribution in [2.45, 2.75) is 0 Å². The molecular weight excluding hydrogens is 873 g/mol. The van der Waals surface area contributed by atoms with Crippen LogP contribution in [-0.4, -0.2) is 14.5 Å². The predicted octanol–water partition coefficient (Wildman–Crippen LogP) is 18.2. The highest BCUT2D eigenvalue weighted by Gasteiger charge is 2.23. The van der Waals surface area contributed by atoms with Crippen molar-refractivity contribution in [1.29, 1.82) is 0 Å². The summed E-state index contributed by atoms with van der Waals surface area (Å²) in [6.07, 6.45) is 0. The number of aromatic nitrogens is 3. The molecule has 0 aliphatic heterocycles. The molecule has 4 nitrogen and oxygen atoms in total. The zero-order chi connectivity index (χ0) is 47.8. The van der Waals surface area contributed by atoms with Gasteiger partial charge >= 0.3 is 0 Å². The molecule has 0 spiro atoms. The lowest BCUT2D eigenvalue weighted by Crippen LogP contribution is -2.09. The van der Waals surface area contributed by atoms with Gasteiger partial charge in [-0.1, -0.05) is 218 Å². The first-order chi connectivity index (χ1) is 35.7. The molecule has 0 radical (unpaired) electrons. The zero-order valence-electron chi connectivity index (χ0n) is 39.3. The summed E-state index contributed by atoms with van der Waals surface area (Å²) in [4.78, 5) is 13.9. The van der Waals surface area contributed by atoms with Gasteiger partial charge in [-0.15, -0.1) is 0 Å². The maximum absolute atomic E-state index is 5.82. The third kappa shape index (κ3) is 7.59. The summed E-state index contributed by atoms with van der Waals surface area (Å²) in [5, 5.41) is 2.40. The van der Waals surface area contributed by atoms with E-state index in [1.54, 1.807) is 0 Å². The molecule has 0 aliphatic rings. The van der Waals surface area contributed by atoms with Crippen LogP contribution in [0.3, 0.4) is 0 Å². The number of hydrogen-bond donors (Lipinski definition) is 0. The fourth-order valence-electron chi connectivity index (χ4n) is 10.5. The second-order valence-electron chi connectivity index (χ2n) is 18.1. The minimum Gasteiger partial charge on any atom is -0.310 e. The van der Waals surface area contributed by atoms with Gasteiger partial charge in [0, 0.05) is 55.8 Å². The van der Waals surface area contributed by atoms with Gasteiger partial charge in [0.25, 0.3) is 0 Å². The number of rotatable bonds is 10. The van der Waals surface area contributed by atoms with Crippen LogP contribution in [0.2, 0.25) is 0 Å². The van der Waals surface area contributed by atoms with Crippen molar-refractivity contribution in [2.24, 2.45) is 0 Å². The van der Waals surface area contributed by atoms with Gasteiger partial charge in [0.05, 0.1) is 33.5 Å². The maximum atomic E-state index is 5.82. The molecule has 0 amide bonds. The van der Waals surface area contributed by atoms with Crippen LogP contribution in [0.5, 0.6) is 0 Å². The highest BCUT2D eigenvalue weighted by molar-refractivity contribution is 6.11. The van der Waals surface area contributed by atoms with Crippen molar-refractivity contribution in [1.82, 2.24) is 14.5 Å². The Morgan fingerprint density at radius 1 is 0.264 bits per heavy atom. The molecule has 0 N–H and O–H groups in total. The van der Waals surface area contributed by atoms with E-state index < -0.39 is 0 Å². The first-order valence-electron chi connectivity index (χ1n) is 24.5. The summed E-state index contributed by atoms with van der Waals surface area (Å²) >= 11 is 0. The minimum absolute atomic E-state index is 0.814. The van der Waals surface area contributed by atoms with Gasteiger partial charge in [-0.2, -0.15) is 0 Å². The van der Waals surface area contributed by atoms with E-state index in [0.717, 1.165) is 106 Å². The molecule has 0 atom stereocenters. The van der Waals surface area contributed by atoms with E-state index in [1.165, 1.54) is 16.3 Å². The Balaban J connectivity index is 1.01. The summed E-state index contributed by atoms with van der Waals surface area (Å²) in [5.74, 6) is 0. The van der Waals surface area contributed by atoms with Crippen LogP contribution < -0.4 is 4.90 Å². The van der Waals surface area contributed by atoms with E-state index in [-0.39, 0.29) is 0 Å². The molecule has 2 heterocycles.